The normalized spacial score (nSPS) is 10.6. The number of carbonyl (C=O) groups is 1. The number of nitrogens with one attached hydrogen (secondary N) is 1. The van der Waals surface area contributed by atoms with E-state index < -0.39 is 0 Å². The lowest BCUT2D eigenvalue weighted by atomic mass is 10.0. The molecule has 1 amide bonds. The van der Waals surface area contributed by atoms with Crippen LogP contribution in [-0.2, 0) is 4.79 Å². The molecule has 0 spiro atoms. The monoisotopic (exact) mass is 321 g/mol. The zero-order chi connectivity index (χ0) is 15.2. The van der Waals surface area contributed by atoms with E-state index in [9.17, 15) is 4.79 Å². The molecule has 21 heavy (non-hydrogen) atoms. The molecule has 0 fully saturated rings. The molecule has 0 aliphatic carbocycles. The number of thioether (sulfide) groups is 1. The number of aromatic nitrogens is 2. The average Bonchev–Trinajstić information content (AvgIpc) is 2.92. The van der Waals surface area contributed by atoms with E-state index in [4.69, 9.17) is 0 Å². The van der Waals surface area contributed by atoms with Crippen molar-refractivity contribution in [3.63, 3.8) is 0 Å². The standard InChI is InChI=1S/C15H19N3OS2/c1-10-7-11(2)14(12(3)8-10)17-13(19)5-4-6-20-15-18-16-9-21-15/h7-9H,4-6H2,1-3H3,(H,17,19). The number of rotatable bonds is 6. The van der Waals surface area contributed by atoms with Crippen molar-refractivity contribution in [2.45, 2.75) is 38.0 Å². The van der Waals surface area contributed by atoms with Gasteiger partial charge in [-0.05, 0) is 38.3 Å². The fourth-order valence-corrected chi connectivity index (χ4v) is 3.70. The van der Waals surface area contributed by atoms with Gasteiger partial charge in [0.25, 0.3) is 0 Å². The van der Waals surface area contributed by atoms with E-state index in [0.29, 0.717) is 6.42 Å². The Hall–Kier alpha value is -1.40. The summed E-state index contributed by atoms with van der Waals surface area (Å²) < 4.78 is 0.959. The maximum absolute atomic E-state index is 12.0. The van der Waals surface area contributed by atoms with Crippen LogP contribution in [0.2, 0.25) is 0 Å². The van der Waals surface area contributed by atoms with Crippen molar-refractivity contribution in [3.05, 3.63) is 34.3 Å². The van der Waals surface area contributed by atoms with Gasteiger partial charge in [0.2, 0.25) is 5.91 Å². The second kappa shape index (κ2) is 7.56. The molecular formula is C15H19N3OS2. The van der Waals surface area contributed by atoms with Crippen molar-refractivity contribution in [2.24, 2.45) is 0 Å². The highest BCUT2D eigenvalue weighted by molar-refractivity contribution is 8.00. The van der Waals surface area contributed by atoms with E-state index in [0.717, 1.165) is 33.3 Å². The average molecular weight is 321 g/mol. The molecule has 0 aliphatic heterocycles. The number of hydrogen-bond donors (Lipinski definition) is 1. The molecule has 1 aromatic heterocycles. The molecular weight excluding hydrogens is 302 g/mol. The number of hydrogen-bond acceptors (Lipinski definition) is 5. The van der Waals surface area contributed by atoms with E-state index in [1.54, 1.807) is 17.3 Å². The van der Waals surface area contributed by atoms with E-state index >= 15 is 0 Å². The minimum atomic E-state index is 0.0721. The molecule has 2 rings (SSSR count). The summed E-state index contributed by atoms with van der Waals surface area (Å²) >= 11 is 3.18. The maximum Gasteiger partial charge on any atom is 0.224 e. The first-order chi connectivity index (χ1) is 10.1. The summed E-state index contributed by atoms with van der Waals surface area (Å²) in [5.74, 6) is 0.956. The van der Waals surface area contributed by atoms with Crippen molar-refractivity contribution in [1.82, 2.24) is 10.2 Å². The van der Waals surface area contributed by atoms with Crippen LogP contribution in [0, 0.1) is 20.8 Å². The quantitative estimate of drug-likeness (QED) is 0.646. The van der Waals surface area contributed by atoms with E-state index in [1.165, 1.54) is 16.9 Å². The Bertz CT molecular complexity index is 588. The van der Waals surface area contributed by atoms with Gasteiger partial charge >= 0.3 is 0 Å². The summed E-state index contributed by atoms with van der Waals surface area (Å²) in [5, 5.41) is 10.8. The second-order valence-corrected chi connectivity index (χ2v) is 7.15. The van der Waals surface area contributed by atoms with Crippen molar-refractivity contribution in [1.29, 1.82) is 0 Å². The molecule has 1 aromatic carbocycles. The molecule has 6 heteroatoms. The van der Waals surface area contributed by atoms with Crippen LogP contribution in [0.5, 0.6) is 0 Å². The first-order valence-corrected chi connectivity index (χ1v) is 8.69. The van der Waals surface area contributed by atoms with Crippen LogP contribution in [0.3, 0.4) is 0 Å². The highest BCUT2D eigenvalue weighted by Gasteiger charge is 2.08. The molecule has 1 heterocycles. The fraction of sp³-hybridized carbons (Fsp3) is 0.400. The van der Waals surface area contributed by atoms with Gasteiger partial charge < -0.3 is 5.32 Å². The number of amides is 1. The summed E-state index contributed by atoms with van der Waals surface area (Å²) in [6.07, 6.45) is 1.36. The van der Waals surface area contributed by atoms with Gasteiger partial charge in [0.15, 0.2) is 4.34 Å². The van der Waals surface area contributed by atoms with Crippen molar-refractivity contribution in [3.8, 4) is 0 Å². The first kappa shape index (κ1) is 16.0. The van der Waals surface area contributed by atoms with Gasteiger partial charge in [0, 0.05) is 17.9 Å². The van der Waals surface area contributed by atoms with Crippen molar-refractivity contribution < 1.29 is 4.79 Å². The number of benzene rings is 1. The Morgan fingerprint density at radius 3 is 2.62 bits per heavy atom. The van der Waals surface area contributed by atoms with Crippen LogP contribution >= 0.6 is 23.1 Å². The van der Waals surface area contributed by atoms with Gasteiger partial charge in [-0.1, -0.05) is 40.8 Å². The minimum absolute atomic E-state index is 0.0721. The Morgan fingerprint density at radius 2 is 2.00 bits per heavy atom. The van der Waals surface area contributed by atoms with E-state index in [2.05, 4.69) is 34.6 Å². The third kappa shape index (κ3) is 4.82. The predicted octanol–water partition coefficient (Wildman–Crippen LogP) is 3.97. The van der Waals surface area contributed by atoms with Crippen molar-refractivity contribution >= 4 is 34.7 Å². The molecule has 0 radical (unpaired) electrons. The molecule has 2 aromatic rings. The summed E-state index contributed by atoms with van der Waals surface area (Å²) in [7, 11) is 0. The van der Waals surface area contributed by atoms with Crippen LogP contribution in [0.25, 0.3) is 0 Å². The molecule has 0 bridgehead atoms. The summed E-state index contributed by atoms with van der Waals surface area (Å²) in [4.78, 5) is 12.0. The highest BCUT2D eigenvalue weighted by Crippen LogP contribution is 2.23. The number of carbonyl (C=O) groups excluding carboxylic acids is 1. The van der Waals surface area contributed by atoms with Crippen LogP contribution in [0.1, 0.15) is 29.5 Å². The lowest BCUT2D eigenvalue weighted by molar-refractivity contribution is -0.116. The zero-order valence-electron chi connectivity index (χ0n) is 12.5. The van der Waals surface area contributed by atoms with Crippen LogP contribution in [-0.4, -0.2) is 21.9 Å². The molecule has 0 aliphatic rings. The Kier molecular flexibility index (Phi) is 5.76. The first-order valence-electron chi connectivity index (χ1n) is 6.83. The summed E-state index contributed by atoms with van der Waals surface area (Å²) in [5.41, 5.74) is 6.12. The van der Waals surface area contributed by atoms with Crippen LogP contribution in [0.15, 0.2) is 22.0 Å². The summed E-state index contributed by atoms with van der Waals surface area (Å²) in [6, 6.07) is 4.18. The fourth-order valence-electron chi connectivity index (χ4n) is 2.20. The predicted molar refractivity (Wildman–Crippen MR) is 89.1 cm³/mol. The largest absolute Gasteiger partial charge is 0.326 e. The number of aryl methyl sites for hydroxylation is 3. The van der Waals surface area contributed by atoms with Gasteiger partial charge in [-0.25, -0.2) is 0 Å². The SMILES string of the molecule is Cc1cc(C)c(NC(=O)CCCSc2nncs2)c(C)c1. The third-order valence-electron chi connectivity index (χ3n) is 3.06. The molecule has 0 unspecified atom stereocenters. The number of anilines is 1. The van der Waals surface area contributed by atoms with Gasteiger partial charge in [0.05, 0.1) is 0 Å². The van der Waals surface area contributed by atoms with Gasteiger partial charge in [-0.2, -0.15) is 0 Å². The third-order valence-corrected chi connectivity index (χ3v) is 5.00. The topological polar surface area (TPSA) is 54.9 Å². The smallest absolute Gasteiger partial charge is 0.224 e. The molecule has 4 nitrogen and oxygen atoms in total. The van der Waals surface area contributed by atoms with Gasteiger partial charge in [-0.3, -0.25) is 4.79 Å². The van der Waals surface area contributed by atoms with E-state index in [-0.39, 0.29) is 5.91 Å². The molecule has 0 atom stereocenters. The van der Waals surface area contributed by atoms with Crippen LogP contribution in [0.4, 0.5) is 5.69 Å². The summed E-state index contributed by atoms with van der Waals surface area (Å²) in [6.45, 7) is 6.12. The zero-order valence-corrected chi connectivity index (χ0v) is 14.1. The number of nitrogens with zero attached hydrogens (tertiary/aromatic N) is 2. The van der Waals surface area contributed by atoms with E-state index in [1.807, 2.05) is 13.8 Å². The lowest BCUT2D eigenvalue weighted by Crippen LogP contribution is -2.13. The molecule has 1 N–H and O–H groups in total. The molecule has 0 saturated carbocycles. The molecule has 112 valence electrons. The Balaban J connectivity index is 1.79. The van der Waals surface area contributed by atoms with Gasteiger partial charge in [-0.15, -0.1) is 10.2 Å². The Morgan fingerprint density at radius 1 is 1.29 bits per heavy atom. The van der Waals surface area contributed by atoms with Crippen LogP contribution < -0.4 is 5.32 Å². The van der Waals surface area contributed by atoms with Gasteiger partial charge in [0.1, 0.15) is 5.51 Å². The maximum atomic E-state index is 12.0. The molecule has 0 saturated heterocycles. The Labute approximate surface area is 133 Å². The highest BCUT2D eigenvalue weighted by atomic mass is 32.2. The minimum Gasteiger partial charge on any atom is -0.326 e. The lowest BCUT2D eigenvalue weighted by Gasteiger charge is -2.12. The van der Waals surface area contributed by atoms with Crippen molar-refractivity contribution in [2.75, 3.05) is 11.1 Å². The second-order valence-electron chi connectivity index (χ2n) is 4.98.